The Morgan fingerprint density at radius 2 is 2.03 bits per heavy atom. The van der Waals surface area contributed by atoms with Gasteiger partial charge in [0.15, 0.2) is 0 Å². The standard InChI is InChI=1S/C26H29N3O2/c1-4-31-23-12-10-22(11-13-23)29(17-19-8-9-20-15-24(19)26(20,2)3)25(30)28-21-7-5-6-18(14-21)16-27/h5-8,10-14,20,24H,4,9,15,17H2,1-3H3,(H,28,30)/t20-,24+/m1/s1. The maximum Gasteiger partial charge on any atom is 0.326 e. The van der Waals surface area contributed by atoms with E-state index in [1.807, 2.05) is 31.2 Å². The van der Waals surface area contributed by atoms with Crippen molar-refractivity contribution in [2.45, 2.75) is 33.6 Å². The second-order valence-corrected chi connectivity index (χ2v) is 8.96. The van der Waals surface area contributed by atoms with Gasteiger partial charge in [-0.1, -0.05) is 31.6 Å². The molecular formula is C26H29N3O2. The van der Waals surface area contributed by atoms with E-state index in [1.165, 1.54) is 12.0 Å². The number of carbonyl (C=O) groups excluding carboxylic acids is 1. The largest absolute Gasteiger partial charge is 0.494 e. The molecule has 0 unspecified atom stereocenters. The molecular weight excluding hydrogens is 386 g/mol. The number of fused-ring (bicyclic) bond motifs is 1. The number of benzene rings is 2. The summed E-state index contributed by atoms with van der Waals surface area (Å²) < 4.78 is 5.56. The molecule has 2 atom stereocenters. The van der Waals surface area contributed by atoms with Crippen LogP contribution in [0.15, 0.2) is 60.2 Å². The highest BCUT2D eigenvalue weighted by molar-refractivity contribution is 6.02. The first-order chi connectivity index (χ1) is 14.9. The Morgan fingerprint density at radius 1 is 1.26 bits per heavy atom. The summed E-state index contributed by atoms with van der Waals surface area (Å²) in [6.07, 6.45) is 4.62. The fourth-order valence-corrected chi connectivity index (χ4v) is 4.87. The number of rotatable bonds is 6. The third kappa shape index (κ3) is 4.16. The molecule has 2 bridgehead atoms. The summed E-state index contributed by atoms with van der Waals surface area (Å²) in [6.45, 7) is 7.79. The molecule has 3 aliphatic rings. The topological polar surface area (TPSA) is 65.4 Å². The fourth-order valence-electron chi connectivity index (χ4n) is 4.87. The quantitative estimate of drug-likeness (QED) is 0.590. The van der Waals surface area contributed by atoms with E-state index >= 15 is 0 Å². The molecule has 1 saturated carbocycles. The zero-order chi connectivity index (χ0) is 22.0. The lowest BCUT2D eigenvalue weighted by molar-refractivity contribution is -0.00666. The second kappa shape index (κ2) is 8.47. The normalized spacial score (nSPS) is 20.6. The van der Waals surface area contributed by atoms with Crippen LogP contribution in [0.25, 0.3) is 0 Å². The molecule has 2 aromatic carbocycles. The van der Waals surface area contributed by atoms with Crippen molar-refractivity contribution in [2.75, 3.05) is 23.4 Å². The maximum atomic E-state index is 13.4. The van der Waals surface area contributed by atoms with Crippen LogP contribution in [0.2, 0.25) is 0 Å². The number of hydrogen-bond donors (Lipinski definition) is 1. The van der Waals surface area contributed by atoms with Crippen molar-refractivity contribution in [1.29, 1.82) is 5.26 Å². The van der Waals surface area contributed by atoms with Gasteiger partial charge in [-0.15, -0.1) is 0 Å². The minimum atomic E-state index is -0.209. The lowest BCUT2D eigenvalue weighted by atomic mass is 9.49. The molecule has 0 saturated heterocycles. The maximum absolute atomic E-state index is 13.4. The Morgan fingerprint density at radius 3 is 2.68 bits per heavy atom. The molecule has 5 nitrogen and oxygen atoms in total. The Balaban J connectivity index is 1.59. The van der Waals surface area contributed by atoms with E-state index in [0.29, 0.717) is 35.7 Å². The molecule has 5 heteroatoms. The average molecular weight is 416 g/mol. The summed E-state index contributed by atoms with van der Waals surface area (Å²) in [5.74, 6) is 2.06. The van der Waals surface area contributed by atoms with Crippen LogP contribution in [0, 0.1) is 28.6 Å². The van der Waals surface area contributed by atoms with Crippen molar-refractivity contribution in [3.8, 4) is 11.8 Å². The third-order valence-corrected chi connectivity index (χ3v) is 6.87. The number of hydrogen-bond acceptors (Lipinski definition) is 3. The molecule has 1 fully saturated rings. The van der Waals surface area contributed by atoms with E-state index in [2.05, 4.69) is 31.3 Å². The van der Waals surface area contributed by atoms with Crippen LogP contribution in [0.5, 0.6) is 5.75 Å². The predicted octanol–water partition coefficient (Wildman–Crippen LogP) is 5.99. The van der Waals surface area contributed by atoms with Crippen molar-refractivity contribution in [2.24, 2.45) is 17.3 Å². The number of amides is 2. The van der Waals surface area contributed by atoms with Gasteiger partial charge >= 0.3 is 6.03 Å². The van der Waals surface area contributed by atoms with Gasteiger partial charge in [-0.3, -0.25) is 4.90 Å². The first-order valence-electron chi connectivity index (χ1n) is 10.9. The summed E-state index contributed by atoms with van der Waals surface area (Å²) >= 11 is 0. The van der Waals surface area contributed by atoms with Gasteiger partial charge in [0.1, 0.15) is 5.75 Å². The molecule has 2 amide bonds. The smallest absolute Gasteiger partial charge is 0.326 e. The fraction of sp³-hybridized carbons (Fsp3) is 0.385. The molecule has 1 N–H and O–H groups in total. The Labute approximate surface area is 184 Å². The van der Waals surface area contributed by atoms with E-state index in [0.717, 1.165) is 23.8 Å². The van der Waals surface area contributed by atoms with Gasteiger partial charge in [-0.2, -0.15) is 5.26 Å². The average Bonchev–Trinajstić information content (AvgIpc) is 2.78. The summed E-state index contributed by atoms with van der Waals surface area (Å²) in [4.78, 5) is 15.1. The number of carbonyl (C=O) groups is 1. The minimum absolute atomic E-state index is 0.209. The lowest BCUT2D eigenvalue weighted by Gasteiger charge is -2.57. The van der Waals surface area contributed by atoms with Crippen LogP contribution in [-0.4, -0.2) is 19.2 Å². The molecule has 0 aromatic heterocycles. The summed E-state index contributed by atoms with van der Waals surface area (Å²) in [7, 11) is 0. The number of allylic oxidation sites excluding steroid dienone is 1. The number of nitrogens with one attached hydrogen (secondary N) is 1. The van der Waals surface area contributed by atoms with Gasteiger partial charge < -0.3 is 10.1 Å². The van der Waals surface area contributed by atoms with Crippen LogP contribution < -0.4 is 15.0 Å². The SMILES string of the molecule is CCOc1ccc(N(CC2=CC[C@@H]3C[C@@H]2C3(C)C)C(=O)Nc2cccc(C#N)c2)cc1. The molecule has 3 aliphatic carbocycles. The highest BCUT2D eigenvalue weighted by Crippen LogP contribution is 2.59. The Hall–Kier alpha value is -3.26. The molecule has 0 aliphatic heterocycles. The van der Waals surface area contributed by atoms with Gasteiger partial charge in [0.2, 0.25) is 0 Å². The zero-order valence-corrected chi connectivity index (χ0v) is 18.4. The lowest BCUT2D eigenvalue weighted by Crippen LogP contribution is -2.50. The zero-order valence-electron chi connectivity index (χ0n) is 18.4. The second-order valence-electron chi connectivity index (χ2n) is 8.96. The van der Waals surface area contributed by atoms with Gasteiger partial charge in [0.05, 0.1) is 18.2 Å². The van der Waals surface area contributed by atoms with E-state index in [9.17, 15) is 4.79 Å². The number of ether oxygens (including phenoxy) is 1. The molecule has 0 spiro atoms. The summed E-state index contributed by atoms with van der Waals surface area (Å²) in [5, 5.41) is 12.1. The third-order valence-electron chi connectivity index (χ3n) is 6.87. The van der Waals surface area contributed by atoms with Crippen molar-refractivity contribution in [3.05, 3.63) is 65.7 Å². The van der Waals surface area contributed by atoms with E-state index in [4.69, 9.17) is 10.00 Å². The number of urea groups is 1. The van der Waals surface area contributed by atoms with Crippen molar-refractivity contribution in [3.63, 3.8) is 0 Å². The molecule has 0 heterocycles. The first-order valence-corrected chi connectivity index (χ1v) is 10.9. The predicted molar refractivity (Wildman–Crippen MR) is 123 cm³/mol. The van der Waals surface area contributed by atoms with Crippen LogP contribution >= 0.6 is 0 Å². The van der Waals surface area contributed by atoms with Crippen LogP contribution in [-0.2, 0) is 0 Å². The van der Waals surface area contributed by atoms with Gasteiger partial charge in [-0.25, -0.2) is 4.79 Å². The molecule has 2 aromatic rings. The first kappa shape index (κ1) is 21.0. The van der Waals surface area contributed by atoms with E-state index in [1.54, 1.807) is 29.2 Å². The van der Waals surface area contributed by atoms with Crippen LogP contribution in [0.4, 0.5) is 16.2 Å². The van der Waals surface area contributed by atoms with E-state index in [-0.39, 0.29) is 6.03 Å². The summed E-state index contributed by atoms with van der Waals surface area (Å²) in [6, 6.07) is 16.5. The highest BCUT2D eigenvalue weighted by atomic mass is 16.5. The monoisotopic (exact) mass is 415 g/mol. The molecule has 5 rings (SSSR count). The van der Waals surface area contributed by atoms with Gasteiger partial charge in [-0.05, 0) is 79.5 Å². The molecule has 0 radical (unpaired) electrons. The van der Waals surface area contributed by atoms with Crippen molar-refractivity contribution >= 4 is 17.4 Å². The number of nitrogens with zero attached hydrogens (tertiary/aromatic N) is 2. The summed E-state index contributed by atoms with van der Waals surface area (Å²) in [5.41, 5.74) is 3.58. The number of anilines is 2. The Bertz CT molecular complexity index is 1030. The van der Waals surface area contributed by atoms with Crippen molar-refractivity contribution in [1.82, 2.24) is 0 Å². The Kier molecular flexibility index (Phi) is 5.73. The van der Waals surface area contributed by atoms with Gasteiger partial charge in [0, 0.05) is 17.9 Å². The molecule has 160 valence electrons. The van der Waals surface area contributed by atoms with Crippen molar-refractivity contribution < 1.29 is 9.53 Å². The van der Waals surface area contributed by atoms with Gasteiger partial charge in [0.25, 0.3) is 0 Å². The molecule has 31 heavy (non-hydrogen) atoms. The minimum Gasteiger partial charge on any atom is -0.494 e. The van der Waals surface area contributed by atoms with Crippen LogP contribution in [0.1, 0.15) is 39.2 Å². The van der Waals surface area contributed by atoms with Crippen LogP contribution in [0.3, 0.4) is 0 Å². The van der Waals surface area contributed by atoms with E-state index < -0.39 is 0 Å². The highest BCUT2D eigenvalue weighted by Gasteiger charge is 2.51. The number of nitriles is 1.